The molecule has 5 rings (SSSR count). The van der Waals surface area contributed by atoms with Gasteiger partial charge in [-0.25, -0.2) is 4.79 Å². The van der Waals surface area contributed by atoms with E-state index in [0.29, 0.717) is 0 Å². The zero-order chi connectivity index (χ0) is 51.2. The maximum Gasteiger partial charge on any atom is 0.335 e. The minimum absolute atomic E-state index is 0.783. The number of methoxy groups -OCH3 is 4. The largest absolute Gasteiger partial charge is 0.481 e. The molecule has 0 bridgehead atoms. The molecule has 0 radical (unpaired) electrons. The van der Waals surface area contributed by atoms with Crippen LogP contribution in [0.5, 0.6) is 0 Å². The van der Waals surface area contributed by atoms with E-state index < -0.39 is 204 Å². The molecule has 11 N–H and O–H groups in total. The van der Waals surface area contributed by atoms with E-state index in [-0.39, 0.29) is 0 Å². The Morgan fingerprint density at radius 2 is 0.797 bits per heavy atom. The van der Waals surface area contributed by atoms with Crippen LogP contribution in [-0.2, 0) is 90.2 Å². The summed E-state index contributed by atoms with van der Waals surface area (Å²) in [6.45, 7) is -0.618. The van der Waals surface area contributed by atoms with E-state index in [0.717, 1.165) is 35.2 Å². The fourth-order valence-corrected chi connectivity index (χ4v) is 8.76. The Kier molecular flexibility index (Phi) is 20.7. The van der Waals surface area contributed by atoms with Gasteiger partial charge in [-0.2, -0.15) is 0 Å². The van der Waals surface area contributed by atoms with Gasteiger partial charge in [0.25, 0.3) is 0 Å². The van der Waals surface area contributed by atoms with Crippen LogP contribution in [0.3, 0.4) is 0 Å². The van der Waals surface area contributed by atoms with Crippen molar-refractivity contribution in [2.45, 2.75) is 174 Å². The fraction of sp³-hybridized carbons (Fsp3) is 0.897. The summed E-state index contributed by atoms with van der Waals surface area (Å²) in [5.74, 6) is -5.07. The number of carbonyl (C=O) groups is 4. The third kappa shape index (κ3) is 12.6. The zero-order valence-corrected chi connectivity index (χ0v) is 37.9. The Labute approximate surface area is 392 Å². The number of aliphatic carboxylic acids is 2. The van der Waals surface area contributed by atoms with Crippen LogP contribution in [0.4, 0.5) is 0 Å². The first-order chi connectivity index (χ1) is 32.7. The molecule has 0 unspecified atom stereocenters. The fourth-order valence-electron chi connectivity index (χ4n) is 8.76. The number of carboxylic acid groups (broad SMARTS) is 2. The van der Waals surface area contributed by atoms with Gasteiger partial charge >= 0.3 is 23.9 Å². The summed E-state index contributed by atoms with van der Waals surface area (Å²) in [7, 11) is 4.43. The molecule has 0 saturated carbocycles. The highest BCUT2D eigenvalue weighted by Crippen LogP contribution is 2.38. The van der Waals surface area contributed by atoms with Gasteiger partial charge in [-0.1, -0.05) is 0 Å². The van der Waals surface area contributed by atoms with Gasteiger partial charge in [0, 0.05) is 42.3 Å². The Bertz CT molecular complexity index is 1670. The third-order valence-electron chi connectivity index (χ3n) is 12.0. The maximum absolute atomic E-state index is 12.8. The molecular weight excluding hydrogens is 948 g/mol. The van der Waals surface area contributed by atoms with Crippen LogP contribution in [0.15, 0.2) is 0 Å². The van der Waals surface area contributed by atoms with Crippen molar-refractivity contribution in [3.8, 4) is 0 Å². The van der Waals surface area contributed by atoms with Crippen molar-refractivity contribution in [1.82, 2.24) is 0 Å². The van der Waals surface area contributed by atoms with Gasteiger partial charge < -0.3 is 127 Å². The third-order valence-corrected chi connectivity index (χ3v) is 12.0. The number of carbonyl (C=O) groups excluding carboxylic acids is 2. The molecule has 0 aromatic carbocycles. The van der Waals surface area contributed by atoms with E-state index in [2.05, 4.69) is 0 Å². The Balaban J connectivity index is 1.36. The molecule has 30 nitrogen and oxygen atoms in total. The quantitative estimate of drug-likeness (QED) is 0.0505. The highest BCUT2D eigenvalue weighted by Gasteiger charge is 2.59. The summed E-state index contributed by atoms with van der Waals surface area (Å²) in [6, 6.07) is 0. The van der Waals surface area contributed by atoms with Crippen LogP contribution in [0.2, 0.25) is 0 Å². The topological polar surface area (TPSA) is 429 Å². The monoisotopic (exact) mass is 1010 g/mol. The summed E-state index contributed by atoms with van der Waals surface area (Å²) < 4.78 is 83.9. The molecule has 5 heterocycles. The van der Waals surface area contributed by atoms with Crippen LogP contribution >= 0.6 is 0 Å². The summed E-state index contributed by atoms with van der Waals surface area (Å²) in [5, 5.41) is 118. The standard InChI is InChI=1S/C39H62O30/c1-11(43)59-27-16(10-42)64-38(23(52)29(27)56-4)68-31-30(57-5)33(60-12(2)44)39(69-32(31)34(53)54)66-25-15(9-41)63-36(21(50)19(25)48)67-26-13(7-17(45)46)61-37(22(51)28(26)55-3)65-24-14(8-40)62-35(58-6)20(49)18(24)47/h13-16,18-33,35-42,47-52H,7-10H2,1-6H3,(H,45,46)(H,53,54)/t13-,14+,15+,16+,18+,19+,20+,21+,22+,23+,24+,25+,26+,27+,28+,29+,30-,31-,32-,33+,35-,36+,37-,38+,39+/m0/s1. The normalized spacial score (nSPS) is 45.1. The van der Waals surface area contributed by atoms with Crippen LogP contribution in [0, 0.1) is 0 Å². The van der Waals surface area contributed by atoms with Crippen molar-refractivity contribution in [2.75, 3.05) is 48.3 Å². The average Bonchev–Trinajstić information content (AvgIpc) is 3.30. The Morgan fingerprint density at radius 1 is 0.406 bits per heavy atom. The van der Waals surface area contributed by atoms with Crippen LogP contribution in [0.25, 0.3) is 0 Å². The van der Waals surface area contributed by atoms with Crippen LogP contribution in [0.1, 0.15) is 20.3 Å². The van der Waals surface area contributed by atoms with Crippen molar-refractivity contribution < 1.29 is 146 Å². The van der Waals surface area contributed by atoms with Gasteiger partial charge in [-0.3, -0.25) is 14.4 Å². The molecule has 0 aliphatic carbocycles. The second-order valence-electron chi connectivity index (χ2n) is 16.4. The molecule has 0 amide bonds. The Hall–Kier alpha value is -3.00. The van der Waals surface area contributed by atoms with E-state index >= 15 is 0 Å². The summed E-state index contributed by atoms with van der Waals surface area (Å²) in [6.07, 6.45) is -44.9. The summed E-state index contributed by atoms with van der Waals surface area (Å²) in [4.78, 5) is 49.2. The number of aliphatic hydroxyl groups is 9. The van der Waals surface area contributed by atoms with Gasteiger partial charge in [0.05, 0.1) is 26.2 Å². The number of ether oxygens (including phenoxy) is 15. The number of aliphatic hydroxyl groups excluding tert-OH is 9. The molecule has 0 aromatic rings. The van der Waals surface area contributed by atoms with Crippen molar-refractivity contribution in [3.63, 3.8) is 0 Å². The van der Waals surface area contributed by atoms with Gasteiger partial charge in [-0.05, 0) is 0 Å². The maximum atomic E-state index is 12.8. The molecule has 5 fully saturated rings. The second-order valence-corrected chi connectivity index (χ2v) is 16.4. The first kappa shape index (κ1) is 56.9. The molecule has 5 aliphatic heterocycles. The molecule has 398 valence electrons. The highest BCUT2D eigenvalue weighted by molar-refractivity contribution is 5.73. The van der Waals surface area contributed by atoms with Crippen molar-refractivity contribution in [1.29, 1.82) is 0 Å². The van der Waals surface area contributed by atoms with E-state index in [1.54, 1.807) is 0 Å². The molecule has 5 aliphatic rings. The van der Waals surface area contributed by atoms with Crippen LogP contribution < -0.4 is 0 Å². The molecule has 25 atom stereocenters. The minimum atomic E-state index is -2.20. The van der Waals surface area contributed by atoms with Crippen LogP contribution in [-0.4, -0.2) is 282 Å². The SMILES string of the molecule is CO[C@H]1O[C@H](CO)[C@@H](O[C@@H]2O[C@@H](CC(=O)O)[C@@H](O[C@H]3O[C@H](CO)[C@@H](O[C@@H]4O[C@H](C(=O)O)[C@@H](O[C@H]5O[C@H](CO)[C@@H](OC(C)=O)[C@H](OC)[C@H]5O)[C@H](OC)[C@H]4OC(C)=O)[C@H](O)[C@H]3O)[C@H](OC)[C@H]2O)[C@H](O)[C@H]1O. The van der Waals surface area contributed by atoms with Crippen molar-refractivity contribution in [2.24, 2.45) is 0 Å². The summed E-state index contributed by atoms with van der Waals surface area (Å²) >= 11 is 0. The van der Waals surface area contributed by atoms with Crippen molar-refractivity contribution in [3.05, 3.63) is 0 Å². The lowest BCUT2D eigenvalue weighted by Gasteiger charge is -2.50. The van der Waals surface area contributed by atoms with Gasteiger partial charge in [0.15, 0.2) is 49.8 Å². The predicted octanol–water partition coefficient (Wildman–Crippen LogP) is -7.59. The van der Waals surface area contributed by atoms with E-state index in [4.69, 9.17) is 71.1 Å². The van der Waals surface area contributed by atoms with Gasteiger partial charge in [-0.15, -0.1) is 0 Å². The lowest BCUT2D eigenvalue weighted by molar-refractivity contribution is -0.391. The summed E-state index contributed by atoms with van der Waals surface area (Å²) in [5.41, 5.74) is 0. The minimum Gasteiger partial charge on any atom is -0.481 e. The highest BCUT2D eigenvalue weighted by atomic mass is 16.8. The van der Waals surface area contributed by atoms with E-state index in [9.17, 15) is 75.3 Å². The van der Waals surface area contributed by atoms with Gasteiger partial charge in [0.1, 0.15) is 104 Å². The number of esters is 2. The second kappa shape index (κ2) is 25.1. The number of hydrogen-bond donors (Lipinski definition) is 11. The van der Waals surface area contributed by atoms with Crippen molar-refractivity contribution >= 4 is 23.9 Å². The van der Waals surface area contributed by atoms with E-state index in [1.165, 1.54) is 7.11 Å². The Morgan fingerprint density at radius 3 is 1.25 bits per heavy atom. The number of carboxylic acids is 2. The lowest BCUT2D eigenvalue weighted by Crippen LogP contribution is -2.69. The van der Waals surface area contributed by atoms with E-state index in [1.807, 2.05) is 0 Å². The first-order valence-corrected chi connectivity index (χ1v) is 21.4. The molecule has 0 spiro atoms. The molecule has 30 heteroatoms. The first-order valence-electron chi connectivity index (χ1n) is 21.4. The lowest BCUT2D eigenvalue weighted by atomic mass is 9.94. The predicted molar refractivity (Wildman–Crippen MR) is 210 cm³/mol. The molecule has 69 heavy (non-hydrogen) atoms. The average molecular weight is 1010 g/mol. The molecular formula is C39H62O30. The van der Waals surface area contributed by atoms with Gasteiger partial charge in [0.2, 0.25) is 0 Å². The number of rotatable bonds is 20. The smallest absolute Gasteiger partial charge is 0.335 e. The molecule has 5 saturated heterocycles. The molecule has 0 aromatic heterocycles. The zero-order valence-electron chi connectivity index (χ0n) is 37.9. The number of hydrogen-bond acceptors (Lipinski definition) is 28.